The topological polar surface area (TPSA) is 23.8 Å². The fourth-order valence-corrected chi connectivity index (χ4v) is 7.98. The summed E-state index contributed by atoms with van der Waals surface area (Å²) in [6, 6.07) is 34.6. The number of allylic oxidation sites excluding steroid dienone is 2. The Morgan fingerprint density at radius 2 is 1.12 bits per heavy atom. The molecular formula is C23H22NP. The number of nitriles is 1. The van der Waals surface area contributed by atoms with E-state index in [1.165, 1.54) is 15.9 Å². The number of hydrogen-bond acceptors (Lipinski definition) is 1. The minimum atomic E-state index is -2.23. The normalized spacial score (nSPS) is 12.4. The van der Waals surface area contributed by atoms with Gasteiger partial charge in [0.25, 0.3) is 0 Å². The van der Waals surface area contributed by atoms with Crippen LogP contribution in [0.2, 0.25) is 0 Å². The van der Waals surface area contributed by atoms with Gasteiger partial charge >= 0.3 is 150 Å². The van der Waals surface area contributed by atoms with Crippen LogP contribution in [0.3, 0.4) is 0 Å². The third-order valence-electron chi connectivity index (χ3n) is 4.69. The molecule has 0 aliphatic carbocycles. The Morgan fingerprint density at radius 3 is 1.44 bits per heavy atom. The van der Waals surface area contributed by atoms with Crippen LogP contribution in [-0.4, -0.2) is 6.16 Å². The predicted octanol–water partition coefficient (Wildman–Crippen LogP) is 4.18. The summed E-state index contributed by atoms with van der Waals surface area (Å²) < 4.78 is 0. The van der Waals surface area contributed by atoms with Gasteiger partial charge in [-0.2, -0.15) is 0 Å². The van der Waals surface area contributed by atoms with Gasteiger partial charge in [-0.3, -0.25) is 0 Å². The molecule has 0 spiro atoms. The molecule has 0 saturated carbocycles. The van der Waals surface area contributed by atoms with Gasteiger partial charge in [-0.05, 0) is 0 Å². The molecule has 0 N–H and O–H groups in total. The Labute approximate surface area is 150 Å². The van der Waals surface area contributed by atoms with Gasteiger partial charge in [0.1, 0.15) is 0 Å². The van der Waals surface area contributed by atoms with Gasteiger partial charge in [0.15, 0.2) is 0 Å². The predicted molar refractivity (Wildman–Crippen MR) is 111 cm³/mol. The zero-order valence-electron chi connectivity index (χ0n) is 14.4. The maximum atomic E-state index is 9.24. The first-order valence-corrected chi connectivity index (χ1v) is 10.7. The van der Waals surface area contributed by atoms with E-state index >= 15 is 0 Å². The van der Waals surface area contributed by atoms with Gasteiger partial charge in [0.2, 0.25) is 0 Å². The molecule has 0 heterocycles. The Kier molecular flexibility index (Phi) is 5.44. The van der Waals surface area contributed by atoms with E-state index in [-0.39, 0.29) is 0 Å². The van der Waals surface area contributed by atoms with Gasteiger partial charge in [0.05, 0.1) is 0 Å². The van der Waals surface area contributed by atoms with Crippen LogP contribution in [0.15, 0.2) is 103 Å². The van der Waals surface area contributed by atoms with Crippen molar-refractivity contribution in [2.24, 2.45) is 0 Å². The zero-order valence-corrected chi connectivity index (χ0v) is 15.4. The first-order chi connectivity index (χ1) is 12.3. The van der Waals surface area contributed by atoms with Crippen molar-refractivity contribution >= 4 is 23.2 Å². The van der Waals surface area contributed by atoms with Crippen molar-refractivity contribution in [3.8, 4) is 6.07 Å². The van der Waals surface area contributed by atoms with Crippen LogP contribution >= 0.6 is 7.26 Å². The summed E-state index contributed by atoms with van der Waals surface area (Å²) in [7, 11) is -2.23. The van der Waals surface area contributed by atoms with Crippen molar-refractivity contribution in [3.05, 3.63) is 103 Å². The molecule has 0 bridgehead atoms. The standard InChI is InChI=1S/C23H22NP/c1-20(19-24)17-18-25(21-11-5-2-6-12-21,22-13-7-3-8-14-22)23-15-9-4-10-16-23/h2-17,25H,18H2,1H3. The summed E-state index contributed by atoms with van der Waals surface area (Å²) >= 11 is 0. The molecule has 0 saturated heterocycles. The molecule has 2 heteroatoms. The van der Waals surface area contributed by atoms with E-state index in [2.05, 4.69) is 103 Å². The van der Waals surface area contributed by atoms with Crippen LogP contribution < -0.4 is 15.9 Å². The van der Waals surface area contributed by atoms with E-state index in [1.807, 2.05) is 6.92 Å². The van der Waals surface area contributed by atoms with Crippen LogP contribution in [0.4, 0.5) is 0 Å². The van der Waals surface area contributed by atoms with Gasteiger partial charge in [-0.1, -0.05) is 0 Å². The molecule has 0 atom stereocenters. The molecule has 0 amide bonds. The van der Waals surface area contributed by atoms with Gasteiger partial charge in [-0.15, -0.1) is 0 Å². The fourth-order valence-electron chi connectivity index (χ4n) is 3.37. The van der Waals surface area contributed by atoms with E-state index in [0.717, 1.165) is 11.7 Å². The number of rotatable bonds is 5. The van der Waals surface area contributed by atoms with Crippen molar-refractivity contribution in [2.45, 2.75) is 6.92 Å². The van der Waals surface area contributed by atoms with Crippen LogP contribution in [0, 0.1) is 11.3 Å². The summed E-state index contributed by atoms with van der Waals surface area (Å²) in [4.78, 5) is 0. The van der Waals surface area contributed by atoms with Gasteiger partial charge < -0.3 is 0 Å². The molecule has 0 aromatic heterocycles. The third-order valence-corrected chi connectivity index (χ3v) is 9.46. The third kappa shape index (κ3) is 3.55. The molecule has 1 nitrogen and oxygen atoms in total. The summed E-state index contributed by atoms with van der Waals surface area (Å²) in [6.45, 7) is 1.89. The van der Waals surface area contributed by atoms with E-state index in [0.29, 0.717) is 0 Å². The van der Waals surface area contributed by atoms with Crippen molar-refractivity contribution in [1.29, 1.82) is 5.26 Å². The average molecular weight is 343 g/mol. The molecular weight excluding hydrogens is 321 g/mol. The Balaban J connectivity index is 2.30. The Hall–Kier alpha value is -2.68. The van der Waals surface area contributed by atoms with Crippen molar-refractivity contribution in [3.63, 3.8) is 0 Å². The second-order valence-electron chi connectivity index (χ2n) is 6.21. The molecule has 0 fully saturated rings. The second-order valence-corrected chi connectivity index (χ2v) is 10.2. The maximum absolute atomic E-state index is 9.24. The molecule has 3 aromatic rings. The monoisotopic (exact) mass is 343 g/mol. The van der Waals surface area contributed by atoms with Gasteiger partial charge in [0, 0.05) is 0 Å². The van der Waals surface area contributed by atoms with E-state index in [9.17, 15) is 5.26 Å². The van der Waals surface area contributed by atoms with Crippen molar-refractivity contribution in [1.82, 2.24) is 0 Å². The van der Waals surface area contributed by atoms with Crippen LogP contribution in [0.25, 0.3) is 0 Å². The van der Waals surface area contributed by atoms with E-state index in [1.54, 1.807) is 0 Å². The molecule has 0 aliphatic heterocycles. The average Bonchev–Trinajstić information content (AvgIpc) is 2.71. The molecule has 3 rings (SSSR count). The summed E-state index contributed by atoms with van der Waals surface area (Å²) in [5.41, 5.74) is 0.777. The number of nitrogens with zero attached hydrogens (tertiary/aromatic N) is 1. The molecule has 25 heavy (non-hydrogen) atoms. The zero-order chi connectivity index (χ0) is 17.5. The SMILES string of the molecule is CC(C#N)=CC[PH](c1ccccc1)(c1ccccc1)c1ccccc1. The molecule has 124 valence electrons. The van der Waals surface area contributed by atoms with Crippen LogP contribution in [0.5, 0.6) is 0 Å². The molecule has 0 unspecified atom stereocenters. The first-order valence-electron chi connectivity index (χ1n) is 8.51. The summed E-state index contributed by atoms with van der Waals surface area (Å²) in [5, 5.41) is 13.3. The number of benzene rings is 3. The van der Waals surface area contributed by atoms with Crippen molar-refractivity contribution in [2.75, 3.05) is 6.16 Å². The van der Waals surface area contributed by atoms with Crippen LogP contribution in [-0.2, 0) is 0 Å². The fraction of sp³-hybridized carbons (Fsp3) is 0.0870. The van der Waals surface area contributed by atoms with E-state index in [4.69, 9.17) is 0 Å². The quantitative estimate of drug-likeness (QED) is 0.503. The Morgan fingerprint density at radius 1 is 0.760 bits per heavy atom. The molecule has 0 aliphatic rings. The Bertz CT molecular complexity index is 781. The second kappa shape index (κ2) is 7.93. The summed E-state index contributed by atoms with van der Waals surface area (Å²) in [6.07, 6.45) is 2.99. The van der Waals surface area contributed by atoms with Gasteiger partial charge in [-0.25, -0.2) is 0 Å². The van der Waals surface area contributed by atoms with E-state index < -0.39 is 7.26 Å². The summed E-state index contributed by atoms with van der Waals surface area (Å²) in [5.74, 6) is 0. The molecule has 3 aromatic carbocycles. The van der Waals surface area contributed by atoms with Crippen LogP contribution in [0.1, 0.15) is 6.92 Å². The molecule has 0 radical (unpaired) electrons. The first kappa shape index (κ1) is 17.2. The van der Waals surface area contributed by atoms with Crippen molar-refractivity contribution < 1.29 is 0 Å². The number of hydrogen-bond donors (Lipinski definition) is 0. The minimum absolute atomic E-state index is 0.777.